The highest BCUT2D eigenvalue weighted by Gasteiger charge is 2.13. The van der Waals surface area contributed by atoms with Crippen LogP contribution in [0.4, 0.5) is 0 Å². The predicted octanol–water partition coefficient (Wildman–Crippen LogP) is 6.06. The Labute approximate surface area is 191 Å². The molecule has 0 aliphatic heterocycles. The number of rotatable bonds is 3. The Morgan fingerprint density at radius 2 is 1.83 bits per heavy atom. The minimum absolute atomic E-state index is 0.218. The molecule has 0 aliphatic rings. The largest absolute Gasteiger partial charge is 0.316 e. The average molecular weight is 504 g/mol. The van der Waals surface area contributed by atoms with Gasteiger partial charge in [-0.15, -0.1) is 0 Å². The molecule has 8 heteroatoms. The SMILES string of the molecule is Cc1cc(C=Nn2c(C)nc3ccc(Br)cc3c2=O)c(C)n1-c1ccc(Cl)cc1Cl. The molecule has 0 saturated carbocycles. The fraction of sp³-hybridized carbons (Fsp3) is 0.136. The minimum atomic E-state index is -0.218. The number of halogens is 3. The molecule has 0 amide bonds. The van der Waals surface area contributed by atoms with Gasteiger partial charge in [0.15, 0.2) is 0 Å². The first-order valence-corrected chi connectivity index (χ1v) is 10.7. The molecular weight excluding hydrogens is 487 g/mol. The lowest BCUT2D eigenvalue weighted by molar-refractivity contribution is 0.770. The molecule has 4 aromatic rings. The molecule has 0 saturated heterocycles. The number of benzene rings is 2. The molecule has 2 heterocycles. The second kappa shape index (κ2) is 8.02. The summed E-state index contributed by atoms with van der Waals surface area (Å²) < 4.78 is 4.17. The maximum Gasteiger partial charge on any atom is 0.282 e. The van der Waals surface area contributed by atoms with Gasteiger partial charge in [-0.2, -0.15) is 9.78 Å². The van der Waals surface area contributed by atoms with Gasteiger partial charge in [0.1, 0.15) is 5.82 Å². The van der Waals surface area contributed by atoms with Crippen molar-refractivity contribution in [3.05, 3.63) is 90.1 Å². The van der Waals surface area contributed by atoms with Crippen LogP contribution in [0.1, 0.15) is 22.8 Å². The molecule has 0 fully saturated rings. The zero-order valence-electron chi connectivity index (χ0n) is 16.4. The van der Waals surface area contributed by atoms with Crippen molar-refractivity contribution in [1.29, 1.82) is 0 Å². The summed E-state index contributed by atoms with van der Waals surface area (Å²) in [7, 11) is 0. The summed E-state index contributed by atoms with van der Waals surface area (Å²) in [5.41, 5.74) is 4.07. The first-order chi connectivity index (χ1) is 14.3. The lowest BCUT2D eigenvalue weighted by Gasteiger charge is -2.11. The average Bonchev–Trinajstić information content (AvgIpc) is 2.96. The maximum atomic E-state index is 12.9. The molecule has 5 nitrogen and oxygen atoms in total. The number of nitrogens with zero attached hydrogens (tertiary/aromatic N) is 4. The summed E-state index contributed by atoms with van der Waals surface area (Å²) in [6.45, 7) is 5.73. The number of hydrogen-bond donors (Lipinski definition) is 0. The van der Waals surface area contributed by atoms with Crippen molar-refractivity contribution in [3.63, 3.8) is 0 Å². The Balaban J connectivity index is 1.80. The molecule has 0 aliphatic carbocycles. The quantitative estimate of drug-likeness (QED) is 0.319. The lowest BCUT2D eigenvalue weighted by Crippen LogP contribution is -2.20. The van der Waals surface area contributed by atoms with E-state index < -0.39 is 0 Å². The van der Waals surface area contributed by atoms with Crippen LogP contribution in [0.3, 0.4) is 0 Å². The van der Waals surface area contributed by atoms with E-state index in [1.165, 1.54) is 4.68 Å². The van der Waals surface area contributed by atoms with Crippen molar-refractivity contribution >= 4 is 56.2 Å². The summed E-state index contributed by atoms with van der Waals surface area (Å²) in [5, 5.41) is 6.08. The molecule has 0 bridgehead atoms. The topological polar surface area (TPSA) is 52.2 Å². The smallest absolute Gasteiger partial charge is 0.282 e. The van der Waals surface area contributed by atoms with Crippen LogP contribution in [0.5, 0.6) is 0 Å². The van der Waals surface area contributed by atoms with Gasteiger partial charge in [0.25, 0.3) is 5.56 Å². The summed E-state index contributed by atoms with van der Waals surface area (Å²) in [4.78, 5) is 17.4. The van der Waals surface area contributed by atoms with Crippen LogP contribution in [0, 0.1) is 20.8 Å². The van der Waals surface area contributed by atoms with Crippen molar-refractivity contribution in [2.75, 3.05) is 0 Å². The van der Waals surface area contributed by atoms with Gasteiger partial charge in [0, 0.05) is 26.4 Å². The van der Waals surface area contributed by atoms with Crippen LogP contribution in [0.2, 0.25) is 10.0 Å². The van der Waals surface area contributed by atoms with Gasteiger partial charge in [-0.05, 0) is 63.2 Å². The fourth-order valence-electron chi connectivity index (χ4n) is 3.47. The summed E-state index contributed by atoms with van der Waals surface area (Å²) in [6.07, 6.45) is 1.67. The molecule has 152 valence electrons. The van der Waals surface area contributed by atoms with E-state index in [2.05, 4.69) is 26.0 Å². The summed E-state index contributed by atoms with van der Waals surface area (Å²) in [6, 6.07) is 12.8. The zero-order valence-corrected chi connectivity index (χ0v) is 19.5. The lowest BCUT2D eigenvalue weighted by atomic mass is 10.2. The molecule has 2 aromatic carbocycles. The number of aromatic nitrogens is 3. The third-order valence-electron chi connectivity index (χ3n) is 4.90. The van der Waals surface area contributed by atoms with Crippen LogP contribution in [-0.4, -0.2) is 20.4 Å². The molecule has 4 rings (SSSR count). The van der Waals surface area contributed by atoms with Crippen molar-refractivity contribution in [3.8, 4) is 5.69 Å². The Hall–Kier alpha value is -2.41. The van der Waals surface area contributed by atoms with Gasteiger partial charge < -0.3 is 4.57 Å². The van der Waals surface area contributed by atoms with Gasteiger partial charge in [-0.3, -0.25) is 4.79 Å². The van der Waals surface area contributed by atoms with Crippen LogP contribution in [0.15, 0.2) is 56.8 Å². The molecule has 0 N–H and O–H groups in total. The highest BCUT2D eigenvalue weighted by atomic mass is 79.9. The van der Waals surface area contributed by atoms with Crippen molar-refractivity contribution in [1.82, 2.24) is 14.2 Å². The first-order valence-electron chi connectivity index (χ1n) is 9.14. The number of fused-ring (bicyclic) bond motifs is 1. The van der Waals surface area contributed by atoms with Crippen molar-refractivity contribution in [2.45, 2.75) is 20.8 Å². The van der Waals surface area contributed by atoms with Crippen molar-refractivity contribution in [2.24, 2.45) is 5.10 Å². The van der Waals surface area contributed by atoms with E-state index >= 15 is 0 Å². The number of hydrogen-bond acceptors (Lipinski definition) is 3. The van der Waals surface area contributed by atoms with Crippen LogP contribution >= 0.6 is 39.1 Å². The Bertz CT molecular complexity index is 1390. The van der Waals surface area contributed by atoms with E-state index in [0.29, 0.717) is 26.8 Å². The maximum absolute atomic E-state index is 12.9. The van der Waals surface area contributed by atoms with Crippen molar-refractivity contribution < 1.29 is 0 Å². The van der Waals surface area contributed by atoms with Gasteiger partial charge in [0.2, 0.25) is 0 Å². The highest BCUT2D eigenvalue weighted by Crippen LogP contribution is 2.28. The molecular formula is C22H17BrCl2N4O. The van der Waals surface area contributed by atoms with E-state index in [4.69, 9.17) is 23.2 Å². The zero-order chi connectivity index (χ0) is 21.6. The van der Waals surface area contributed by atoms with Gasteiger partial charge in [0.05, 0.1) is 27.8 Å². The normalized spacial score (nSPS) is 11.7. The fourth-order valence-corrected chi connectivity index (χ4v) is 4.32. The second-order valence-electron chi connectivity index (χ2n) is 6.94. The van der Waals surface area contributed by atoms with Crippen LogP contribution < -0.4 is 5.56 Å². The Kier molecular flexibility index (Phi) is 5.57. The third-order valence-corrected chi connectivity index (χ3v) is 5.93. The van der Waals surface area contributed by atoms with Crippen LogP contribution in [-0.2, 0) is 0 Å². The van der Waals surface area contributed by atoms with E-state index in [1.807, 2.05) is 42.7 Å². The van der Waals surface area contributed by atoms with E-state index in [1.54, 1.807) is 31.3 Å². The second-order valence-corrected chi connectivity index (χ2v) is 8.70. The third kappa shape index (κ3) is 3.71. The van der Waals surface area contributed by atoms with E-state index in [9.17, 15) is 4.79 Å². The van der Waals surface area contributed by atoms with Gasteiger partial charge in [-0.1, -0.05) is 39.1 Å². The summed E-state index contributed by atoms with van der Waals surface area (Å²) in [5.74, 6) is 0.514. The molecule has 0 spiro atoms. The predicted molar refractivity (Wildman–Crippen MR) is 127 cm³/mol. The minimum Gasteiger partial charge on any atom is -0.316 e. The molecule has 0 atom stereocenters. The number of aryl methyl sites for hydroxylation is 2. The Morgan fingerprint density at radius 1 is 1.07 bits per heavy atom. The molecule has 2 aromatic heterocycles. The van der Waals surface area contributed by atoms with E-state index in [0.717, 1.165) is 27.1 Å². The van der Waals surface area contributed by atoms with Crippen LogP contribution in [0.25, 0.3) is 16.6 Å². The standard InChI is InChI=1S/C22H17BrCl2N4O/c1-12-8-15(13(2)28(12)21-7-5-17(24)10-19(21)25)11-26-29-14(3)27-20-6-4-16(23)9-18(20)22(29)30/h4-11H,1-3H3. The monoisotopic (exact) mass is 502 g/mol. The van der Waals surface area contributed by atoms with Gasteiger partial charge >= 0.3 is 0 Å². The molecule has 0 radical (unpaired) electrons. The summed E-state index contributed by atoms with van der Waals surface area (Å²) >= 11 is 15.8. The highest BCUT2D eigenvalue weighted by molar-refractivity contribution is 9.10. The van der Waals surface area contributed by atoms with E-state index in [-0.39, 0.29) is 5.56 Å². The molecule has 30 heavy (non-hydrogen) atoms. The first kappa shape index (κ1) is 20.8. The molecule has 0 unspecified atom stereocenters. The van der Waals surface area contributed by atoms with Gasteiger partial charge in [-0.25, -0.2) is 4.98 Å². The Morgan fingerprint density at radius 3 is 2.57 bits per heavy atom.